The molecule has 2 aliphatic carbocycles. The van der Waals surface area contributed by atoms with Crippen LogP contribution in [-0.4, -0.2) is 22.2 Å². The van der Waals surface area contributed by atoms with Gasteiger partial charge in [0.1, 0.15) is 0 Å². The van der Waals surface area contributed by atoms with E-state index in [-0.39, 0.29) is 21.7 Å². The van der Waals surface area contributed by atoms with Gasteiger partial charge in [-0.3, -0.25) is 0 Å². The van der Waals surface area contributed by atoms with Crippen molar-refractivity contribution in [2.75, 3.05) is 0 Å². The van der Waals surface area contributed by atoms with Gasteiger partial charge in [-0.2, -0.15) is 59.7 Å². The number of carboxylic acid groups (broad SMARTS) is 2. The van der Waals surface area contributed by atoms with E-state index in [0.29, 0.717) is 0 Å². The third-order valence-corrected chi connectivity index (χ3v) is 5.58. The molecule has 2 N–H and O–H groups in total. The van der Waals surface area contributed by atoms with Crippen LogP contribution in [0.25, 0.3) is 22.3 Å². The van der Waals surface area contributed by atoms with Gasteiger partial charge in [-0.1, -0.05) is 83.9 Å². The van der Waals surface area contributed by atoms with Crippen molar-refractivity contribution in [3.05, 3.63) is 145 Å². The van der Waals surface area contributed by atoms with Crippen LogP contribution >= 0.6 is 0 Å². The molecule has 2 aliphatic rings. The van der Waals surface area contributed by atoms with Crippen LogP contribution in [0.1, 0.15) is 22.3 Å². The summed E-state index contributed by atoms with van der Waals surface area (Å²) in [6, 6.07) is 36.2. The van der Waals surface area contributed by atoms with Crippen molar-refractivity contribution in [2.24, 2.45) is 0 Å². The van der Waals surface area contributed by atoms with E-state index in [0.717, 1.165) is 25.0 Å². The van der Waals surface area contributed by atoms with E-state index in [2.05, 4.69) is 98.1 Å². The first-order valence-electron chi connectivity index (χ1n) is 11.3. The number of benzene rings is 4. The summed E-state index contributed by atoms with van der Waals surface area (Å²) in [5, 5.41) is 15.2. The minimum atomic E-state index is -0.981. The van der Waals surface area contributed by atoms with Crippen LogP contribution in [-0.2, 0) is 44.1 Å². The molecule has 0 amide bonds. The average molecular weight is 522 g/mol. The second-order valence-corrected chi connectivity index (χ2v) is 7.88. The Morgan fingerprint density at radius 2 is 0.946 bits per heavy atom. The Balaban J connectivity index is 0.000000190. The van der Waals surface area contributed by atoms with Crippen molar-refractivity contribution in [3.63, 3.8) is 0 Å². The minimum absolute atomic E-state index is 0. The molecule has 6 rings (SSSR count). The van der Waals surface area contributed by atoms with Crippen LogP contribution in [0.15, 0.2) is 110 Å². The summed E-state index contributed by atoms with van der Waals surface area (Å²) in [6.45, 7) is 5.92. The number of carboxylic acids is 2. The van der Waals surface area contributed by atoms with Crippen LogP contribution in [0.5, 0.6) is 0 Å². The summed E-state index contributed by atoms with van der Waals surface area (Å²) in [6.07, 6.45) is 3.76. The molecule has 0 saturated carbocycles. The average Bonchev–Trinajstić information content (AvgIpc) is 3.48. The number of rotatable bonds is 2. The molecule has 0 atom stereocenters. The zero-order valence-corrected chi connectivity index (χ0v) is 21.8. The van der Waals surface area contributed by atoms with Crippen LogP contribution in [0.3, 0.4) is 0 Å². The van der Waals surface area contributed by atoms with Crippen molar-refractivity contribution in [2.45, 2.75) is 12.8 Å². The smallest absolute Gasteiger partial charge is 0.478 e. The molecule has 0 aromatic heterocycles. The van der Waals surface area contributed by atoms with Gasteiger partial charge in [-0.05, 0) is 12.8 Å². The molecule has 182 valence electrons. The zero-order valence-electron chi connectivity index (χ0n) is 20.3. The van der Waals surface area contributed by atoms with Gasteiger partial charge in [0.15, 0.2) is 0 Å². The summed E-state index contributed by atoms with van der Waals surface area (Å²) in [5.41, 5.74) is 11.0. The second-order valence-electron chi connectivity index (χ2n) is 7.88. The van der Waals surface area contributed by atoms with Gasteiger partial charge in [0.05, 0.1) is 0 Å². The summed E-state index contributed by atoms with van der Waals surface area (Å²) in [5.74, 6) is -1.96. The number of carbonyl (C=O) groups is 2. The first kappa shape index (κ1) is 29.2. The molecule has 4 nitrogen and oxygen atoms in total. The Hall–Kier alpha value is -3.99. The topological polar surface area (TPSA) is 74.6 Å². The van der Waals surface area contributed by atoms with Gasteiger partial charge in [-0.25, -0.2) is 9.59 Å². The Morgan fingerprint density at radius 1 is 0.622 bits per heavy atom. The number of hydrogen-bond donors (Lipinski definition) is 2. The van der Waals surface area contributed by atoms with Crippen LogP contribution in [0.4, 0.5) is 0 Å². The molecule has 0 bridgehead atoms. The van der Waals surface area contributed by atoms with Crippen molar-refractivity contribution in [1.82, 2.24) is 0 Å². The summed E-state index contributed by atoms with van der Waals surface area (Å²) in [4.78, 5) is 18.5. The fourth-order valence-electron chi connectivity index (χ4n) is 4.00. The van der Waals surface area contributed by atoms with Gasteiger partial charge in [0, 0.05) is 12.2 Å². The van der Waals surface area contributed by atoms with E-state index in [4.69, 9.17) is 10.2 Å². The zero-order chi connectivity index (χ0) is 25.9. The molecule has 37 heavy (non-hydrogen) atoms. The maximum Gasteiger partial charge on any atom is 2.00 e. The number of fused-ring (bicyclic) bond motifs is 6. The van der Waals surface area contributed by atoms with Crippen LogP contribution in [0.2, 0.25) is 0 Å². The molecule has 5 heteroatoms. The second kappa shape index (κ2) is 14.5. The van der Waals surface area contributed by atoms with Gasteiger partial charge in [0.25, 0.3) is 0 Å². The molecule has 0 fully saturated rings. The predicted molar refractivity (Wildman–Crippen MR) is 143 cm³/mol. The van der Waals surface area contributed by atoms with Crippen molar-refractivity contribution in [1.29, 1.82) is 0 Å². The van der Waals surface area contributed by atoms with E-state index < -0.39 is 11.9 Å². The standard InChI is InChI=1S/2C13H9.2C3H4O2.Ti/c2*1-3-7-12-10(5-1)9-11-6-2-4-8-13(11)12;2*1-2-3(4)5;/h2*1-5,7-8H,9H2;2*2H,1H2,(H,4,5);/q2*-1;;;+2. The molecule has 4 aromatic carbocycles. The maximum absolute atomic E-state index is 9.25. The van der Waals surface area contributed by atoms with Crippen molar-refractivity contribution in [3.8, 4) is 22.3 Å². The molecule has 0 spiro atoms. The van der Waals surface area contributed by atoms with Crippen molar-refractivity contribution < 1.29 is 41.5 Å². The molecule has 0 radical (unpaired) electrons. The van der Waals surface area contributed by atoms with E-state index in [1.807, 2.05) is 12.1 Å². The largest absolute Gasteiger partial charge is 2.00 e. The molecule has 0 saturated heterocycles. The molecule has 0 heterocycles. The summed E-state index contributed by atoms with van der Waals surface area (Å²) >= 11 is 0. The van der Waals surface area contributed by atoms with E-state index >= 15 is 0 Å². The third kappa shape index (κ3) is 8.01. The van der Waals surface area contributed by atoms with Crippen LogP contribution < -0.4 is 0 Å². The van der Waals surface area contributed by atoms with Gasteiger partial charge < -0.3 is 10.2 Å². The number of aliphatic carboxylic acids is 2. The molecular weight excluding hydrogens is 496 g/mol. The van der Waals surface area contributed by atoms with Gasteiger partial charge in [0.2, 0.25) is 0 Å². The van der Waals surface area contributed by atoms with E-state index in [1.54, 1.807) is 0 Å². The normalized spacial score (nSPS) is 10.4. The fourth-order valence-corrected chi connectivity index (χ4v) is 4.00. The minimum Gasteiger partial charge on any atom is -0.478 e. The predicted octanol–water partition coefficient (Wildman–Crippen LogP) is 6.63. The molecule has 4 aromatic rings. The first-order chi connectivity index (χ1) is 17.4. The molecule has 0 aliphatic heterocycles. The SMILES string of the molecule is C=CC(=O)O.C=CC(=O)O.[Ti+2].[c-]1cccc2c1Cc1ccccc1-2.[c-]1cccc2c1Cc1ccccc1-2. The molecule has 0 unspecified atom stereocenters. The Kier molecular flexibility index (Phi) is 11.5. The Morgan fingerprint density at radius 3 is 1.30 bits per heavy atom. The third-order valence-electron chi connectivity index (χ3n) is 5.58. The van der Waals surface area contributed by atoms with Crippen molar-refractivity contribution >= 4 is 11.9 Å². The Bertz CT molecular complexity index is 1200. The Labute approximate surface area is 232 Å². The quantitative estimate of drug-likeness (QED) is 0.152. The number of hydrogen-bond acceptors (Lipinski definition) is 2. The molecular formula is C32H26O4Ti. The first-order valence-corrected chi connectivity index (χ1v) is 11.3. The summed E-state index contributed by atoms with van der Waals surface area (Å²) in [7, 11) is 0. The van der Waals surface area contributed by atoms with Gasteiger partial charge in [-0.15, -0.1) is 11.1 Å². The summed E-state index contributed by atoms with van der Waals surface area (Å²) < 4.78 is 0. The fraction of sp³-hybridized carbons (Fsp3) is 0.0625. The monoisotopic (exact) mass is 522 g/mol. The van der Waals surface area contributed by atoms with E-state index in [9.17, 15) is 9.59 Å². The van der Waals surface area contributed by atoms with Gasteiger partial charge >= 0.3 is 33.7 Å². The van der Waals surface area contributed by atoms with Crippen LogP contribution in [0, 0.1) is 12.1 Å². The maximum atomic E-state index is 9.25. The van der Waals surface area contributed by atoms with E-state index in [1.165, 1.54) is 44.5 Å².